The van der Waals surface area contributed by atoms with E-state index < -0.39 is 10.0 Å². The highest BCUT2D eigenvalue weighted by molar-refractivity contribution is 9.10. The molecule has 1 saturated heterocycles. The predicted molar refractivity (Wildman–Crippen MR) is 86.6 cm³/mol. The van der Waals surface area contributed by atoms with Gasteiger partial charge >= 0.3 is 0 Å². The molecule has 2 heterocycles. The monoisotopic (exact) mass is 381 g/mol. The van der Waals surface area contributed by atoms with Crippen molar-refractivity contribution >= 4 is 37.3 Å². The van der Waals surface area contributed by atoms with Gasteiger partial charge in [-0.2, -0.15) is 4.31 Å². The molecule has 2 rings (SSSR count). The smallest absolute Gasteiger partial charge is 0.211 e. The molecule has 0 aliphatic carbocycles. The van der Waals surface area contributed by atoms with Crippen molar-refractivity contribution in [3.8, 4) is 0 Å². The summed E-state index contributed by atoms with van der Waals surface area (Å²) in [5.41, 5.74) is 0. The lowest BCUT2D eigenvalue weighted by Gasteiger charge is -2.33. The molecule has 114 valence electrons. The van der Waals surface area contributed by atoms with E-state index >= 15 is 0 Å². The highest BCUT2D eigenvalue weighted by Crippen LogP contribution is 2.19. The first-order chi connectivity index (χ1) is 9.45. The molecule has 1 aromatic heterocycles. The summed E-state index contributed by atoms with van der Waals surface area (Å²) in [6, 6.07) is 2.13. The Bertz CT molecular complexity index is 525. The van der Waals surface area contributed by atoms with Crippen molar-refractivity contribution in [1.29, 1.82) is 0 Å². The average Bonchev–Trinajstić information content (AvgIpc) is 2.80. The molecule has 20 heavy (non-hydrogen) atoms. The first-order valence-electron chi connectivity index (χ1n) is 6.56. The minimum absolute atomic E-state index is 0.608. The van der Waals surface area contributed by atoms with Crippen LogP contribution in [0, 0.1) is 0 Å². The van der Waals surface area contributed by atoms with E-state index in [2.05, 4.69) is 37.6 Å². The number of rotatable bonds is 6. The van der Waals surface area contributed by atoms with Crippen LogP contribution in [0.25, 0.3) is 0 Å². The summed E-state index contributed by atoms with van der Waals surface area (Å²) in [4.78, 5) is 3.62. The van der Waals surface area contributed by atoms with Gasteiger partial charge in [0.25, 0.3) is 0 Å². The van der Waals surface area contributed by atoms with Gasteiger partial charge in [-0.1, -0.05) is 0 Å². The molecule has 1 N–H and O–H groups in total. The second-order valence-corrected chi connectivity index (χ2v) is 8.81. The van der Waals surface area contributed by atoms with Gasteiger partial charge < -0.3 is 5.32 Å². The Morgan fingerprint density at radius 3 is 2.60 bits per heavy atom. The molecule has 1 aromatic rings. The van der Waals surface area contributed by atoms with E-state index in [9.17, 15) is 8.42 Å². The Balaban J connectivity index is 1.62. The maximum Gasteiger partial charge on any atom is 0.211 e. The molecule has 0 saturated carbocycles. The predicted octanol–water partition coefficient (Wildman–Crippen LogP) is 1.18. The van der Waals surface area contributed by atoms with E-state index in [-0.39, 0.29) is 0 Å². The molecule has 0 radical (unpaired) electrons. The third-order valence-electron chi connectivity index (χ3n) is 3.33. The zero-order valence-corrected chi connectivity index (χ0v) is 14.7. The lowest BCUT2D eigenvalue weighted by molar-refractivity contribution is 0.189. The number of hydrogen-bond donors (Lipinski definition) is 1. The van der Waals surface area contributed by atoms with Crippen molar-refractivity contribution < 1.29 is 8.42 Å². The zero-order valence-electron chi connectivity index (χ0n) is 11.5. The number of nitrogens with zero attached hydrogens (tertiary/aromatic N) is 2. The minimum atomic E-state index is -3.02. The summed E-state index contributed by atoms with van der Waals surface area (Å²) in [5, 5.41) is 5.50. The number of piperazine rings is 1. The van der Waals surface area contributed by atoms with Gasteiger partial charge in [-0.05, 0) is 22.0 Å². The third-order valence-corrected chi connectivity index (χ3v) is 6.33. The zero-order chi connectivity index (χ0) is 14.6. The molecule has 0 atom stereocenters. The molecule has 1 aliphatic heterocycles. The van der Waals surface area contributed by atoms with Crippen LogP contribution in [0.2, 0.25) is 0 Å². The first kappa shape index (κ1) is 16.4. The number of sulfonamides is 1. The first-order valence-corrected chi connectivity index (χ1v) is 10.1. The van der Waals surface area contributed by atoms with Gasteiger partial charge in [-0.15, -0.1) is 11.3 Å². The molecule has 1 aliphatic rings. The molecule has 1 fully saturated rings. The van der Waals surface area contributed by atoms with Crippen molar-refractivity contribution in [3.05, 3.63) is 20.8 Å². The van der Waals surface area contributed by atoms with Gasteiger partial charge in [0.05, 0.1) is 6.26 Å². The van der Waals surface area contributed by atoms with Crippen LogP contribution >= 0.6 is 27.3 Å². The van der Waals surface area contributed by atoms with Gasteiger partial charge in [-0.3, -0.25) is 4.90 Å². The molecule has 0 spiro atoms. The van der Waals surface area contributed by atoms with Crippen LogP contribution < -0.4 is 5.32 Å². The summed E-state index contributed by atoms with van der Waals surface area (Å²) in [7, 11) is -3.02. The minimum Gasteiger partial charge on any atom is -0.311 e. The molecule has 0 bridgehead atoms. The summed E-state index contributed by atoms with van der Waals surface area (Å²) in [5.74, 6) is 0. The fourth-order valence-corrected chi connectivity index (χ4v) is 4.43. The molecule has 0 unspecified atom stereocenters. The fraction of sp³-hybridized carbons (Fsp3) is 0.667. The highest BCUT2D eigenvalue weighted by Gasteiger charge is 2.22. The van der Waals surface area contributed by atoms with Crippen molar-refractivity contribution in [2.45, 2.75) is 6.54 Å². The highest BCUT2D eigenvalue weighted by atomic mass is 79.9. The largest absolute Gasteiger partial charge is 0.311 e. The van der Waals surface area contributed by atoms with Crippen molar-refractivity contribution in [3.63, 3.8) is 0 Å². The van der Waals surface area contributed by atoms with E-state index in [1.54, 1.807) is 15.6 Å². The molecular formula is C12H20BrN3O2S2. The van der Waals surface area contributed by atoms with E-state index in [1.165, 1.54) is 11.1 Å². The van der Waals surface area contributed by atoms with Gasteiger partial charge in [0, 0.05) is 60.5 Å². The number of thiophene rings is 1. The van der Waals surface area contributed by atoms with Gasteiger partial charge in [-0.25, -0.2) is 8.42 Å². The lowest BCUT2D eigenvalue weighted by Crippen LogP contribution is -2.49. The van der Waals surface area contributed by atoms with Gasteiger partial charge in [0.2, 0.25) is 10.0 Å². The van der Waals surface area contributed by atoms with Crippen molar-refractivity contribution in [1.82, 2.24) is 14.5 Å². The maximum atomic E-state index is 11.4. The maximum absolute atomic E-state index is 11.4. The quantitative estimate of drug-likeness (QED) is 0.751. The Morgan fingerprint density at radius 1 is 1.35 bits per heavy atom. The summed E-state index contributed by atoms with van der Waals surface area (Å²) < 4.78 is 25.5. The van der Waals surface area contributed by atoms with E-state index in [0.717, 1.165) is 37.2 Å². The Kier molecular flexibility index (Phi) is 6.00. The number of hydrogen-bond acceptors (Lipinski definition) is 5. The van der Waals surface area contributed by atoms with Gasteiger partial charge in [0.1, 0.15) is 0 Å². The molecule has 5 nitrogen and oxygen atoms in total. The lowest BCUT2D eigenvalue weighted by atomic mass is 10.3. The standard InChI is InChI=1S/C12H20BrN3O2S2/c1-20(17,18)16-6-4-15(5-7-16)3-2-14-9-12-8-11(13)10-19-12/h8,10,14H,2-7,9H2,1H3. The number of halogens is 1. The Hall–Kier alpha value is 0.01000. The van der Waals surface area contributed by atoms with Gasteiger partial charge in [0.15, 0.2) is 0 Å². The normalized spacial score (nSPS) is 18.5. The second-order valence-electron chi connectivity index (χ2n) is 4.91. The summed E-state index contributed by atoms with van der Waals surface area (Å²) >= 11 is 5.19. The molecule has 8 heteroatoms. The summed E-state index contributed by atoms with van der Waals surface area (Å²) in [6.07, 6.45) is 1.28. The Morgan fingerprint density at radius 2 is 2.05 bits per heavy atom. The molecule has 0 amide bonds. The van der Waals surface area contributed by atoms with Crippen LogP contribution in [0.5, 0.6) is 0 Å². The van der Waals surface area contributed by atoms with E-state index in [0.29, 0.717) is 13.1 Å². The van der Waals surface area contributed by atoms with E-state index in [1.807, 2.05) is 0 Å². The van der Waals surface area contributed by atoms with Crippen molar-refractivity contribution in [2.24, 2.45) is 0 Å². The van der Waals surface area contributed by atoms with E-state index in [4.69, 9.17) is 0 Å². The third kappa shape index (κ3) is 5.09. The van der Waals surface area contributed by atoms with Crippen LogP contribution in [-0.2, 0) is 16.6 Å². The van der Waals surface area contributed by atoms with Crippen LogP contribution in [-0.4, -0.2) is 63.1 Å². The van der Waals surface area contributed by atoms with Crippen LogP contribution in [0.3, 0.4) is 0 Å². The van der Waals surface area contributed by atoms with Crippen LogP contribution in [0.4, 0.5) is 0 Å². The topological polar surface area (TPSA) is 52.7 Å². The average molecular weight is 382 g/mol. The molecular weight excluding hydrogens is 362 g/mol. The SMILES string of the molecule is CS(=O)(=O)N1CCN(CCNCc2cc(Br)cs2)CC1. The fourth-order valence-electron chi connectivity index (χ4n) is 2.18. The van der Waals surface area contributed by atoms with Crippen LogP contribution in [0.1, 0.15) is 4.88 Å². The number of nitrogens with one attached hydrogen (secondary N) is 1. The molecule has 0 aromatic carbocycles. The Labute approximate surface area is 133 Å². The second kappa shape index (κ2) is 7.33. The summed E-state index contributed by atoms with van der Waals surface area (Å²) in [6.45, 7) is 5.63. The van der Waals surface area contributed by atoms with Crippen LogP contribution in [0.15, 0.2) is 15.9 Å². The van der Waals surface area contributed by atoms with Crippen molar-refractivity contribution in [2.75, 3.05) is 45.5 Å².